The summed E-state index contributed by atoms with van der Waals surface area (Å²) in [5.74, 6) is -0.354. The molecule has 6 nitrogen and oxygen atoms in total. The fraction of sp³-hybridized carbons (Fsp3) is 0.286. The second-order valence-electron chi connectivity index (χ2n) is 4.83. The summed E-state index contributed by atoms with van der Waals surface area (Å²) in [6.45, 7) is 5.75. The number of rotatable bonds is 4. The van der Waals surface area contributed by atoms with Crippen LogP contribution < -0.4 is 0 Å². The molecule has 2 rings (SSSR count). The first-order valence-electron chi connectivity index (χ1n) is 6.17. The summed E-state index contributed by atoms with van der Waals surface area (Å²) in [4.78, 5) is 22.3. The number of carbonyl (C=O) groups excluding carboxylic acids is 1. The molecule has 0 unspecified atom stereocenters. The fourth-order valence-corrected chi connectivity index (χ4v) is 2.38. The first kappa shape index (κ1) is 13.9. The highest BCUT2D eigenvalue weighted by Crippen LogP contribution is 2.18. The number of nitro groups is 1. The van der Waals surface area contributed by atoms with Crippen LogP contribution in [0.1, 0.15) is 27.0 Å². The molecule has 1 aromatic carbocycles. The number of ketones is 1. The normalized spacial score (nSPS) is 10.6. The van der Waals surface area contributed by atoms with E-state index < -0.39 is 4.92 Å². The third-order valence-corrected chi connectivity index (χ3v) is 3.08. The molecule has 0 spiro atoms. The van der Waals surface area contributed by atoms with Gasteiger partial charge in [-0.25, -0.2) is 0 Å². The van der Waals surface area contributed by atoms with Crippen LogP contribution in [0.4, 0.5) is 5.82 Å². The van der Waals surface area contributed by atoms with Gasteiger partial charge in [0.25, 0.3) is 0 Å². The summed E-state index contributed by atoms with van der Waals surface area (Å²) in [5, 5.41) is 14.3. The highest BCUT2D eigenvalue weighted by molar-refractivity contribution is 5.98. The number of carbonyl (C=O) groups is 1. The number of aryl methyl sites for hydroxylation is 3. The van der Waals surface area contributed by atoms with Crippen LogP contribution in [-0.4, -0.2) is 20.5 Å². The predicted octanol–water partition coefficient (Wildman–Crippen LogP) is 2.60. The SMILES string of the molecule is Cc1cc(C)c(C(=O)Cn2ccc([N+](=O)[O-])n2)c(C)c1. The molecule has 0 saturated heterocycles. The monoisotopic (exact) mass is 273 g/mol. The summed E-state index contributed by atoms with van der Waals surface area (Å²) in [6, 6.07) is 5.18. The minimum atomic E-state index is -0.580. The van der Waals surface area contributed by atoms with E-state index in [2.05, 4.69) is 5.10 Å². The Balaban J connectivity index is 2.26. The summed E-state index contributed by atoms with van der Waals surface area (Å²) in [6.07, 6.45) is 1.44. The van der Waals surface area contributed by atoms with Gasteiger partial charge in [0.1, 0.15) is 6.54 Å². The lowest BCUT2D eigenvalue weighted by molar-refractivity contribution is -0.389. The van der Waals surface area contributed by atoms with E-state index in [1.165, 1.54) is 16.9 Å². The van der Waals surface area contributed by atoms with E-state index in [1.807, 2.05) is 32.9 Å². The maximum absolute atomic E-state index is 12.3. The molecule has 0 fully saturated rings. The molecule has 6 heteroatoms. The third kappa shape index (κ3) is 2.74. The second-order valence-corrected chi connectivity index (χ2v) is 4.83. The van der Waals surface area contributed by atoms with Crippen LogP contribution in [0.3, 0.4) is 0 Å². The number of hydrogen-bond donors (Lipinski definition) is 0. The standard InChI is InChI=1S/C14H15N3O3/c1-9-6-10(2)14(11(3)7-9)12(18)8-16-5-4-13(15-16)17(19)20/h4-7H,8H2,1-3H3. The van der Waals surface area contributed by atoms with E-state index in [0.717, 1.165) is 16.7 Å². The van der Waals surface area contributed by atoms with Gasteiger partial charge in [0.15, 0.2) is 5.78 Å². The maximum atomic E-state index is 12.3. The molecule has 2 aromatic rings. The Morgan fingerprint density at radius 2 is 1.90 bits per heavy atom. The van der Waals surface area contributed by atoms with Gasteiger partial charge in [-0.05, 0) is 36.8 Å². The number of benzene rings is 1. The third-order valence-electron chi connectivity index (χ3n) is 3.08. The average Bonchev–Trinajstić information content (AvgIpc) is 2.75. The van der Waals surface area contributed by atoms with E-state index in [4.69, 9.17) is 0 Å². The van der Waals surface area contributed by atoms with Crippen molar-refractivity contribution in [3.63, 3.8) is 0 Å². The van der Waals surface area contributed by atoms with Crippen molar-refractivity contribution < 1.29 is 9.72 Å². The molecule has 104 valence electrons. The van der Waals surface area contributed by atoms with Crippen molar-refractivity contribution in [2.45, 2.75) is 27.3 Å². The van der Waals surface area contributed by atoms with Crippen molar-refractivity contribution >= 4 is 11.6 Å². The number of Topliss-reactive ketones (excluding diaryl/α,β-unsaturated/α-hetero) is 1. The lowest BCUT2D eigenvalue weighted by Gasteiger charge is -2.09. The summed E-state index contributed by atoms with van der Waals surface area (Å²) < 4.78 is 1.29. The molecule has 0 saturated carbocycles. The maximum Gasteiger partial charge on any atom is 0.389 e. The average molecular weight is 273 g/mol. The Morgan fingerprint density at radius 3 is 2.40 bits per heavy atom. The Morgan fingerprint density at radius 1 is 1.30 bits per heavy atom. The van der Waals surface area contributed by atoms with Gasteiger partial charge in [-0.3, -0.25) is 4.79 Å². The molecule has 0 radical (unpaired) electrons. The van der Waals surface area contributed by atoms with Crippen molar-refractivity contribution in [1.29, 1.82) is 0 Å². The first-order chi connectivity index (χ1) is 9.38. The molecule has 20 heavy (non-hydrogen) atoms. The van der Waals surface area contributed by atoms with Gasteiger partial charge in [-0.1, -0.05) is 17.7 Å². The Bertz CT molecular complexity index is 666. The number of aromatic nitrogens is 2. The van der Waals surface area contributed by atoms with Crippen molar-refractivity contribution in [2.75, 3.05) is 0 Å². The zero-order chi connectivity index (χ0) is 14.9. The molecule has 1 heterocycles. The smallest absolute Gasteiger partial charge is 0.358 e. The quantitative estimate of drug-likeness (QED) is 0.487. The highest BCUT2D eigenvalue weighted by atomic mass is 16.6. The summed E-state index contributed by atoms with van der Waals surface area (Å²) in [7, 11) is 0. The lowest BCUT2D eigenvalue weighted by Crippen LogP contribution is -2.14. The van der Waals surface area contributed by atoms with Crippen LogP contribution in [0.5, 0.6) is 0 Å². The Kier molecular flexibility index (Phi) is 3.65. The van der Waals surface area contributed by atoms with Gasteiger partial charge in [0, 0.05) is 5.56 Å². The largest absolute Gasteiger partial charge is 0.389 e. The zero-order valence-electron chi connectivity index (χ0n) is 11.6. The van der Waals surface area contributed by atoms with Crippen LogP contribution in [-0.2, 0) is 6.54 Å². The minimum absolute atomic E-state index is 0.00141. The van der Waals surface area contributed by atoms with Crippen molar-refractivity contribution in [2.24, 2.45) is 0 Å². The fourth-order valence-electron chi connectivity index (χ4n) is 2.38. The zero-order valence-corrected chi connectivity index (χ0v) is 11.6. The van der Waals surface area contributed by atoms with E-state index in [-0.39, 0.29) is 18.1 Å². The number of hydrogen-bond acceptors (Lipinski definition) is 4. The molecule has 0 bridgehead atoms. The van der Waals surface area contributed by atoms with Gasteiger partial charge in [0.05, 0.1) is 17.4 Å². The molecule has 0 N–H and O–H groups in total. The van der Waals surface area contributed by atoms with E-state index in [1.54, 1.807) is 0 Å². The Hall–Kier alpha value is -2.50. The van der Waals surface area contributed by atoms with Gasteiger partial charge in [0.2, 0.25) is 0 Å². The van der Waals surface area contributed by atoms with Crippen molar-refractivity contribution in [3.05, 3.63) is 56.8 Å². The van der Waals surface area contributed by atoms with Gasteiger partial charge < -0.3 is 10.1 Å². The first-order valence-corrected chi connectivity index (χ1v) is 6.17. The Labute approximate surface area is 116 Å². The molecular formula is C14H15N3O3. The topological polar surface area (TPSA) is 78.0 Å². The lowest BCUT2D eigenvalue weighted by atomic mass is 9.96. The van der Waals surface area contributed by atoms with Crippen LogP contribution in [0.2, 0.25) is 0 Å². The number of nitrogens with zero attached hydrogens (tertiary/aromatic N) is 3. The summed E-state index contributed by atoms with van der Waals surface area (Å²) in [5.41, 5.74) is 3.59. The molecule has 0 aliphatic rings. The van der Waals surface area contributed by atoms with E-state index >= 15 is 0 Å². The molecule has 0 aliphatic carbocycles. The minimum Gasteiger partial charge on any atom is -0.358 e. The summed E-state index contributed by atoms with van der Waals surface area (Å²) >= 11 is 0. The van der Waals surface area contributed by atoms with Crippen LogP contribution in [0.15, 0.2) is 24.4 Å². The molecule has 0 amide bonds. The van der Waals surface area contributed by atoms with Crippen LogP contribution in [0, 0.1) is 30.9 Å². The van der Waals surface area contributed by atoms with Crippen molar-refractivity contribution in [3.8, 4) is 0 Å². The molecule has 1 aromatic heterocycles. The molecule has 0 atom stereocenters. The van der Waals surface area contributed by atoms with E-state index in [9.17, 15) is 14.9 Å². The van der Waals surface area contributed by atoms with Crippen LogP contribution in [0.25, 0.3) is 0 Å². The highest BCUT2D eigenvalue weighted by Gasteiger charge is 2.17. The van der Waals surface area contributed by atoms with Crippen LogP contribution >= 0.6 is 0 Å². The molecule has 0 aliphatic heterocycles. The van der Waals surface area contributed by atoms with Gasteiger partial charge in [-0.2, -0.15) is 4.68 Å². The predicted molar refractivity (Wildman–Crippen MR) is 73.9 cm³/mol. The van der Waals surface area contributed by atoms with Gasteiger partial charge in [-0.15, -0.1) is 0 Å². The molecular weight excluding hydrogens is 258 g/mol. The van der Waals surface area contributed by atoms with Gasteiger partial charge >= 0.3 is 5.82 Å². The second kappa shape index (κ2) is 5.24. The van der Waals surface area contributed by atoms with Crippen molar-refractivity contribution in [1.82, 2.24) is 9.78 Å². The van der Waals surface area contributed by atoms with E-state index in [0.29, 0.717) is 5.56 Å².